The summed E-state index contributed by atoms with van der Waals surface area (Å²) in [7, 11) is 0. The summed E-state index contributed by atoms with van der Waals surface area (Å²) < 4.78 is 5.59. The number of hydrogen-bond acceptors (Lipinski definition) is 3. The third kappa shape index (κ3) is 5.59. The highest BCUT2D eigenvalue weighted by molar-refractivity contribution is 5.92. The molecule has 0 bridgehead atoms. The van der Waals surface area contributed by atoms with Crippen LogP contribution in [0.1, 0.15) is 50.7 Å². The molecule has 0 unspecified atom stereocenters. The number of rotatable bonds is 7. The van der Waals surface area contributed by atoms with E-state index in [4.69, 9.17) is 4.74 Å². The van der Waals surface area contributed by atoms with E-state index in [2.05, 4.69) is 48.3 Å². The molecular formula is C24H32N2O2. The quantitative estimate of drug-likeness (QED) is 0.730. The standard InChI is InChI=1S/C24H32N2O2/c1-4-28-23-7-5-6-19(16-23)17-26-14-12-21(13-15-26)24(27)25-22-10-8-20(9-11-22)18(2)3/h5-11,16,18,21H,4,12-15,17H2,1-3H3,(H,25,27). The molecule has 3 rings (SSSR count). The second-order valence-corrected chi connectivity index (χ2v) is 7.90. The van der Waals surface area contributed by atoms with E-state index in [9.17, 15) is 4.79 Å². The van der Waals surface area contributed by atoms with E-state index in [-0.39, 0.29) is 11.8 Å². The lowest BCUT2D eigenvalue weighted by Crippen LogP contribution is -2.37. The van der Waals surface area contributed by atoms with Crippen molar-refractivity contribution in [3.8, 4) is 5.75 Å². The van der Waals surface area contributed by atoms with Crippen molar-refractivity contribution in [1.82, 2.24) is 4.90 Å². The fraction of sp³-hybridized carbons (Fsp3) is 0.458. The van der Waals surface area contributed by atoms with Crippen LogP contribution in [-0.4, -0.2) is 30.5 Å². The molecule has 0 aliphatic carbocycles. The molecule has 2 aromatic carbocycles. The van der Waals surface area contributed by atoms with Crippen molar-refractivity contribution >= 4 is 11.6 Å². The topological polar surface area (TPSA) is 41.6 Å². The third-order valence-electron chi connectivity index (χ3n) is 5.42. The first kappa shape index (κ1) is 20.4. The normalized spacial score (nSPS) is 15.6. The van der Waals surface area contributed by atoms with Crippen molar-refractivity contribution in [2.45, 2.75) is 46.1 Å². The number of piperidine rings is 1. The van der Waals surface area contributed by atoms with Crippen LogP contribution in [0.3, 0.4) is 0 Å². The van der Waals surface area contributed by atoms with Gasteiger partial charge in [0.1, 0.15) is 5.75 Å². The van der Waals surface area contributed by atoms with Gasteiger partial charge < -0.3 is 10.1 Å². The van der Waals surface area contributed by atoms with Crippen LogP contribution >= 0.6 is 0 Å². The minimum atomic E-state index is 0.0933. The molecule has 1 amide bonds. The van der Waals surface area contributed by atoms with Crippen LogP contribution in [0.2, 0.25) is 0 Å². The van der Waals surface area contributed by atoms with Crippen LogP contribution in [-0.2, 0) is 11.3 Å². The van der Waals surface area contributed by atoms with Gasteiger partial charge in [-0.3, -0.25) is 9.69 Å². The maximum atomic E-state index is 12.6. The summed E-state index contributed by atoms with van der Waals surface area (Å²) >= 11 is 0. The summed E-state index contributed by atoms with van der Waals surface area (Å²) in [6.07, 6.45) is 1.81. The minimum absolute atomic E-state index is 0.0933. The summed E-state index contributed by atoms with van der Waals surface area (Å²) in [5.41, 5.74) is 3.45. The van der Waals surface area contributed by atoms with E-state index in [1.54, 1.807) is 0 Å². The number of carbonyl (C=O) groups excluding carboxylic acids is 1. The molecule has 1 N–H and O–H groups in total. The number of anilines is 1. The van der Waals surface area contributed by atoms with Crippen molar-refractivity contribution in [2.24, 2.45) is 5.92 Å². The maximum absolute atomic E-state index is 12.6. The Morgan fingerprint density at radius 2 is 1.86 bits per heavy atom. The Balaban J connectivity index is 1.48. The first-order chi connectivity index (χ1) is 13.5. The molecule has 1 fully saturated rings. The Morgan fingerprint density at radius 3 is 2.50 bits per heavy atom. The van der Waals surface area contributed by atoms with Crippen molar-refractivity contribution in [3.05, 3.63) is 59.7 Å². The smallest absolute Gasteiger partial charge is 0.227 e. The van der Waals surface area contributed by atoms with E-state index in [1.165, 1.54) is 11.1 Å². The van der Waals surface area contributed by atoms with E-state index in [0.717, 1.165) is 43.9 Å². The molecule has 0 atom stereocenters. The Hall–Kier alpha value is -2.33. The highest BCUT2D eigenvalue weighted by atomic mass is 16.5. The minimum Gasteiger partial charge on any atom is -0.494 e. The number of amides is 1. The van der Waals surface area contributed by atoms with Gasteiger partial charge in [-0.25, -0.2) is 0 Å². The average Bonchev–Trinajstić information content (AvgIpc) is 2.69. The van der Waals surface area contributed by atoms with Gasteiger partial charge in [-0.1, -0.05) is 38.1 Å². The summed E-state index contributed by atoms with van der Waals surface area (Å²) in [6, 6.07) is 16.5. The predicted molar refractivity (Wildman–Crippen MR) is 115 cm³/mol. The first-order valence-corrected chi connectivity index (χ1v) is 10.4. The average molecular weight is 381 g/mol. The van der Waals surface area contributed by atoms with Gasteiger partial charge in [0.15, 0.2) is 0 Å². The molecule has 150 valence electrons. The molecule has 1 saturated heterocycles. The third-order valence-corrected chi connectivity index (χ3v) is 5.42. The van der Waals surface area contributed by atoms with Gasteiger partial charge in [0.2, 0.25) is 5.91 Å². The van der Waals surface area contributed by atoms with Crippen LogP contribution in [0.5, 0.6) is 5.75 Å². The van der Waals surface area contributed by atoms with E-state index in [1.807, 2.05) is 31.2 Å². The lowest BCUT2D eigenvalue weighted by atomic mass is 9.95. The van der Waals surface area contributed by atoms with E-state index >= 15 is 0 Å². The lowest BCUT2D eigenvalue weighted by Gasteiger charge is -2.31. The number of nitrogens with one attached hydrogen (secondary N) is 1. The Kier molecular flexibility index (Phi) is 7.10. The molecule has 28 heavy (non-hydrogen) atoms. The van der Waals surface area contributed by atoms with Gasteiger partial charge in [-0.2, -0.15) is 0 Å². The van der Waals surface area contributed by atoms with Crippen LogP contribution in [0.15, 0.2) is 48.5 Å². The number of ether oxygens (including phenoxy) is 1. The molecule has 0 radical (unpaired) electrons. The van der Waals surface area contributed by atoms with Crippen LogP contribution in [0.4, 0.5) is 5.69 Å². The lowest BCUT2D eigenvalue weighted by molar-refractivity contribution is -0.121. The zero-order chi connectivity index (χ0) is 19.9. The molecule has 1 aliphatic rings. The predicted octanol–water partition coefficient (Wildman–Crippen LogP) is 5.06. The van der Waals surface area contributed by atoms with Crippen LogP contribution in [0, 0.1) is 5.92 Å². The number of likely N-dealkylation sites (tertiary alicyclic amines) is 1. The Morgan fingerprint density at radius 1 is 1.14 bits per heavy atom. The van der Waals surface area contributed by atoms with Crippen molar-refractivity contribution < 1.29 is 9.53 Å². The molecular weight excluding hydrogens is 348 g/mol. The second-order valence-electron chi connectivity index (χ2n) is 7.90. The molecule has 4 heteroatoms. The van der Waals surface area contributed by atoms with Crippen LogP contribution < -0.4 is 10.1 Å². The van der Waals surface area contributed by atoms with Gasteiger partial charge in [0, 0.05) is 18.2 Å². The van der Waals surface area contributed by atoms with Gasteiger partial charge >= 0.3 is 0 Å². The van der Waals surface area contributed by atoms with Gasteiger partial charge in [-0.05, 0) is 74.2 Å². The molecule has 4 nitrogen and oxygen atoms in total. The molecule has 0 saturated carbocycles. The SMILES string of the molecule is CCOc1cccc(CN2CCC(C(=O)Nc3ccc(C(C)C)cc3)CC2)c1. The summed E-state index contributed by atoms with van der Waals surface area (Å²) in [6.45, 7) is 9.84. The van der Waals surface area contributed by atoms with Gasteiger partial charge in [0.05, 0.1) is 6.61 Å². The summed E-state index contributed by atoms with van der Waals surface area (Å²) in [5, 5.41) is 3.09. The highest BCUT2D eigenvalue weighted by Crippen LogP contribution is 2.23. The van der Waals surface area contributed by atoms with Crippen molar-refractivity contribution in [1.29, 1.82) is 0 Å². The van der Waals surface area contributed by atoms with Crippen LogP contribution in [0.25, 0.3) is 0 Å². The zero-order valence-corrected chi connectivity index (χ0v) is 17.3. The Bertz CT molecular complexity index is 762. The van der Waals surface area contributed by atoms with Gasteiger partial charge in [0.25, 0.3) is 0 Å². The van der Waals surface area contributed by atoms with E-state index < -0.39 is 0 Å². The highest BCUT2D eigenvalue weighted by Gasteiger charge is 2.25. The number of benzene rings is 2. The number of hydrogen-bond donors (Lipinski definition) is 1. The van der Waals surface area contributed by atoms with Crippen molar-refractivity contribution in [3.63, 3.8) is 0 Å². The largest absolute Gasteiger partial charge is 0.494 e. The zero-order valence-electron chi connectivity index (χ0n) is 17.3. The number of carbonyl (C=O) groups is 1. The van der Waals surface area contributed by atoms with Crippen molar-refractivity contribution in [2.75, 3.05) is 25.0 Å². The van der Waals surface area contributed by atoms with E-state index in [0.29, 0.717) is 12.5 Å². The fourth-order valence-corrected chi connectivity index (χ4v) is 3.71. The maximum Gasteiger partial charge on any atom is 0.227 e. The molecule has 2 aromatic rings. The molecule has 1 aliphatic heterocycles. The van der Waals surface area contributed by atoms with Gasteiger partial charge in [-0.15, -0.1) is 0 Å². The molecule has 1 heterocycles. The second kappa shape index (κ2) is 9.74. The summed E-state index contributed by atoms with van der Waals surface area (Å²) in [4.78, 5) is 15.0. The first-order valence-electron chi connectivity index (χ1n) is 10.4. The fourth-order valence-electron chi connectivity index (χ4n) is 3.71. The molecule has 0 aromatic heterocycles. The Labute approximate surface area is 168 Å². The molecule has 0 spiro atoms. The summed E-state index contributed by atoms with van der Waals surface area (Å²) in [5.74, 6) is 1.67. The monoisotopic (exact) mass is 380 g/mol. The number of nitrogens with zero attached hydrogens (tertiary/aromatic N) is 1.